The van der Waals surface area contributed by atoms with Crippen molar-refractivity contribution in [3.63, 3.8) is 0 Å². The molecule has 0 aliphatic heterocycles. The molecule has 0 fully saturated rings. The second-order valence-electron chi connectivity index (χ2n) is 6.73. The zero-order valence-electron chi connectivity index (χ0n) is 17.0. The summed E-state index contributed by atoms with van der Waals surface area (Å²) >= 11 is 0. The van der Waals surface area contributed by atoms with Crippen LogP contribution in [-0.2, 0) is 9.53 Å². The third-order valence-corrected chi connectivity index (χ3v) is 4.61. The van der Waals surface area contributed by atoms with E-state index < -0.39 is 5.97 Å². The number of hydrogen-bond donors (Lipinski definition) is 0. The van der Waals surface area contributed by atoms with Gasteiger partial charge in [-0.05, 0) is 23.8 Å². The lowest BCUT2D eigenvalue weighted by atomic mass is 10.1. The van der Waals surface area contributed by atoms with Crippen molar-refractivity contribution in [2.24, 2.45) is 0 Å². The highest BCUT2D eigenvalue weighted by molar-refractivity contribution is 5.78. The average molecular weight is 411 g/mol. The van der Waals surface area contributed by atoms with Crippen molar-refractivity contribution >= 4 is 18.1 Å². The summed E-state index contributed by atoms with van der Waals surface area (Å²) in [6.45, 7) is -0.119. The number of esters is 1. The normalized spacial score (nSPS) is 10.9. The lowest BCUT2D eigenvalue weighted by Crippen LogP contribution is -2.12. The Morgan fingerprint density at radius 3 is 2.16 bits per heavy atom. The van der Waals surface area contributed by atoms with E-state index in [1.54, 1.807) is 12.1 Å². The van der Waals surface area contributed by atoms with E-state index in [9.17, 15) is 4.79 Å². The van der Waals surface area contributed by atoms with Gasteiger partial charge in [0.2, 0.25) is 5.89 Å². The first-order valence-corrected chi connectivity index (χ1v) is 9.82. The molecule has 0 N–H and O–H groups in total. The van der Waals surface area contributed by atoms with Crippen LogP contribution in [0.2, 0.25) is 0 Å². The highest BCUT2D eigenvalue weighted by Gasteiger charge is 2.15. The maximum Gasteiger partial charge on any atom is 0.343 e. The van der Waals surface area contributed by atoms with E-state index >= 15 is 0 Å². The van der Waals surface area contributed by atoms with Crippen LogP contribution in [0.25, 0.3) is 34.7 Å². The molecule has 4 rings (SSSR count). The van der Waals surface area contributed by atoms with Gasteiger partial charge in [0.25, 0.3) is 0 Å². The number of ether oxygens (including phenoxy) is 2. The predicted octanol–water partition coefficient (Wildman–Crippen LogP) is 5.73. The van der Waals surface area contributed by atoms with E-state index in [-0.39, 0.29) is 6.61 Å². The number of benzene rings is 3. The lowest BCUT2D eigenvalue weighted by Gasteiger charge is -2.04. The molecule has 0 radical (unpaired) electrons. The number of nitrogens with zero attached hydrogens (tertiary/aromatic N) is 1. The van der Waals surface area contributed by atoms with Crippen molar-refractivity contribution in [1.82, 2.24) is 4.98 Å². The number of rotatable bonds is 7. The van der Waals surface area contributed by atoms with Crippen molar-refractivity contribution in [3.8, 4) is 28.3 Å². The van der Waals surface area contributed by atoms with Crippen LogP contribution >= 0.6 is 0 Å². The number of carbonyl (C=O) groups is 1. The molecular weight excluding hydrogens is 390 g/mol. The molecule has 31 heavy (non-hydrogen) atoms. The molecule has 154 valence electrons. The Morgan fingerprint density at radius 2 is 1.52 bits per heavy atom. The molecule has 0 amide bonds. The number of hydrogen-bond acceptors (Lipinski definition) is 5. The van der Waals surface area contributed by atoms with Gasteiger partial charge in [0.05, 0.1) is 7.11 Å². The van der Waals surface area contributed by atoms with Crippen molar-refractivity contribution in [1.29, 1.82) is 0 Å². The first-order valence-electron chi connectivity index (χ1n) is 9.82. The van der Waals surface area contributed by atoms with E-state index in [0.717, 1.165) is 28.1 Å². The average Bonchev–Trinajstić information content (AvgIpc) is 3.27. The largest absolute Gasteiger partial charge is 0.482 e. The Kier molecular flexibility index (Phi) is 6.24. The third-order valence-electron chi connectivity index (χ3n) is 4.61. The van der Waals surface area contributed by atoms with Crippen LogP contribution in [0.3, 0.4) is 0 Å². The monoisotopic (exact) mass is 411 g/mol. The summed E-state index contributed by atoms with van der Waals surface area (Å²) in [5, 5.41) is 0. The molecule has 0 saturated heterocycles. The molecular formula is C26H21NO4. The molecule has 1 aromatic heterocycles. The van der Waals surface area contributed by atoms with E-state index in [0.29, 0.717) is 11.6 Å². The zero-order valence-corrected chi connectivity index (χ0v) is 17.0. The SMILES string of the molecule is COC(=O)COc1ccc(/C=C/c2nc(-c3ccccc3)c(-c3ccccc3)o2)cc1. The fourth-order valence-electron chi connectivity index (χ4n) is 3.03. The Labute approximate surface area is 180 Å². The van der Waals surface area contributed by atoms with Crippen molar-refractivity contribution in [3.05, 3.63) is 96.4 Å². The van der Waals surface area contributed by atoms with Gasteiger partial charge in [0.1, 0.15) is 11.4 Å². The molecule has 0 aliphatic rings. The second-order valence-corrected chi connectivity index (χ2v) is 6.73. The third kappa shape index (κ3) is 5.08. The predicted molar refractivity (Wildman–Crippen MR) is 120 cm³/mol. The van der Waals surface area contributed by atoms with Crippen molar-refractivity contribution < 1.29 is 18.7 Å². The fourth-order valence-corrected chi connectivity index (χ4v) is 3.03. The summed E-state index contributed by atoms with van der Waals surface area (Å²) in [7, 11) is 1.33. The van der Waals surface area contributed by atoms with E-state index in [1.807, 2.05) is 84.9 Å². The fraction of sp³-hybridized carbons (Fsp3) is 0.0769. The molecule has 0 bridgehead atoms. The summed E-state index contributed by atoms with van der Waals surface area (Å²) in [5.74, 6) is 1.43. The molecule has 0 saturated carbocycles. The van der Waals surface area contributed by atoms with Crippen LogP contribution in [0.1, 0.15) is 11.5 Å². The van der Waals surface area contributed by atoms with Gasteiger partial charge in [0, 0.05) is 17.2 Å². The van der Waals surface area contributed by atoms with E-state index in [2.05, 4.69) is 4.74 Å². The van der Waals surface area contributed by atoms with Crippen LogP contribution < -0.4 is 4.74 Å². The molecule has 0 unspecified atom stereocenters. The molecule has 5 heteroatoms. The van der Waals surface area contributed by atoms with Gasteiger partial charge in [-0.1, -0.05) is 72.8 Å². The first-order chi connectivity index (χ1) is 15.2. The number of carbonyl (C=O) groups excluding carboxylic acids is 1. The lowest BCUT2D eigenvalue weighted by molar-refractivity contribution is -0.142. The van der Waals surface area contributed by atoms with Gasteiger partial charge in [-0.15, -0.1) is 0 Å². The highest BCUT2D eigenvalue weighted by atomic mass is 16.6. The van der Waals surface area contributed by atoms with Gasteiger partial charge in [0.15, 0.2) is 12.4 Å². The summed E-state index contributed by atoms with van der Waals surface area (Å²) in [5.41, 5.74) is 3.72. The Morgan fingerprint density at radius 1 is 0.871 bits per heavy atom. The zero-order chi connectivity index (χ0) is 21.5. The highest BCUT2D eigenvalue weighted by Crippen LogP contribution is 2.33. The number of aromatic nitrogens is 1. The summed E-state index contributed by atoms with van der Waals surface area (Å²) in [6.07, 6.45) is 3.75. The van der Waals surface area contributed by atoms with E-state index in [1.165, 1.54) is 7.11 Å². The van der Waals surface area contributed by atoms with E-state index in [4.69, 9.17) is 14.1 Å². The smallest absolute Gasteiger partial charge is 0.343 e. The Balaban J connectivity index is 1.57. The van der Waals surface area contributed by atoms with Gasteiger partial charge >= 0.3 is 5.97 Å². The minimum atomic E-state index is -0.420. The molecule has 0 atom stereocenters. The van der Waals surface area contributed by atoms with Crippen LogP contribution in [0.5, 0.6) is 5.75 Å². The Bertz CT molecular complexity index is 1110. The minimum Gasteiger partial charge on any atom is -0.482 e. The molecule has 0 aliphatic carbocycles. The second kappa shape index (κ2) is 9.59. The van der Waals surface area contributed by atoms with Crippen LogP contribution in [0, 0.1) is 0 Å². The van der Waals surface area contributed by atoms with Crippen LogP contribution in [0.15, 0.2) is 89.3 Å². The summed E-state index contributed by atoms with van der Waals surface area (Å²) < 4.78 is 16.0. The maximum absolute atomic E-state index is 11.2. The quantitative estimate of drug-likeness (QED) is 0.363. The van der Waals surface area contributed by atoms with Crippen LogP contribution in [0.4, 0.5) is 0 Å². The maximum atomic E-state index is 11.2. The molecule has 4 aromatic rings. The summed E-state index contributed by atoms with van der Waals surface area (Å²) in [6, 6.07) is 27.3. The topological polar surface area (TPSA) is 61.6 Å². The van der Waals surface area contributed by atoms with Gasteiger partial charge in [-0.25, -0.2) is 9.78 Å². The number of oxazole rings is 1. The van der Waals surface area contributed by atoms with Crippen molar-refractivity contribution in [2.75, 3.05) is 13.7 Å². The molecule has 5 nitrogen and oxygen atoms in total. The standard InChI is InChI=1S/C26H21NO4/c1-29-24(28)18-30-22-15-12-19(13-16-22)14-17-23-27-25(20-8-4-2-5-9-20)26(31-23)21-10-6-3-7-11-21/h2-17H,18H2,1H3/b17-14+. The van der Waals surface area contributed by atoms with Gasteiger partial charge in [-0.3, -0.25) is 0 Å². The molecule has 3 aromatic carbocycles. The molecule has 0 spiro atoms. The van der Waals surface area contributed by atoms with Crippen molar-refractivity contribution in [2.45, 2.75) is 0 Å². The van der Waals surface area contributed by atoms with Crippen LogP contribution in [-0.4, -0.2) is 24.7 Å². The van der Waals surface area contributed by atoms with Gasteiger partial charge in [-0.2, -0.15) is 0 Å². The Hall–Kier alpha value is -4.12. The number of methoxy groups -OCH3 is 1. The molecule has 1 heterocycles. The first kappa shape index (κ1) is 20.2. The van der Waals surface area contributed by atoms with Gasteiger partial charge < -0.3 is 13.9 Å². The summed E-state index contributed by atoms with van der Waals surface area (Å²) in [4.78, 5) is 15.9. The minimum absolute atomic E-state index is 0.119.